The topological polar surface area (TPSA) is 41.5 Å². The van der Waals surface area contributed by atoms with Crippen molar-refractivity contribution in [3.05, 3.63) is 0 Å². The van der Waals surface area contributed by atoms with Gasteiger partial charge in [0.2, 0.25) is 0 Å². The van der Waals surface area contributed by atoms with Gasteiger partial charge in [0.1, 0.15) is 0 Å². The van der Waals surface area contributed by atoms with Crippen molar-refractivity contribution in [1.82, 2.24) is 5.32 Å². The first-order chi connectivity index (χ1) is 8.08. The molecule has 3 heteroatoms. The quantitative estimate of drug-likeness (QED) is 0.545. The maximum Gasteiger partial charge on any atom is 0.157 e. The zero-order valence-electron chi connectivity index (χ0n) is 13.3. The summed E-state index contributed by atoms with van der Waals surface area (Å²) in [4.78, 5) is 0. The number of nitrogens with one attached hydrogen (secondary N) is 1. The molecule has 2 unspecified atom stereocenters. The molecule has 18 heavy (non-hydrogen) atoms. The van der Waals surface area contributed by atoms with Crippen molar-refractivity contribution in [2.75, 3.05) is 20.2 Å². The fourth-order valence-corrected chi connectivity index (χ4v) is 2.06. The van der Waals surface area contributed by atoms with Gasteiger partial charge in [-0.15, -0.1) is 0 Å². The van der Waals surface area contributed by atoms with Crippen LogP contribution < -0.4 is 5.32 Å². The third kappa shape index (κ3) is 8.06. The summed E-state index contributed by atoms with van der Waals surface area (Å²) in [6, 6.07) is 0. The van der Waals surface area contributed by atoms with Gasteiger partial charge in [0, 0.05) is 5.92 Å². The zero-order valence-corrected chi connectivity index (χ0v) is 13.3. The smallest absolute Gasteiger partial charge is 0.157 e. The van der Waals surface area contributed by atoms with Gasteiger partial charge in [-0.2, -0.15) is 0 Å². The van der Waals surface area contributed by atoms with Gasteiger partial charge in [0.05, 0.1) is 6.61 Å². The average molecular weight is 259 g/mol. The zero-order chi connectivity index (χ0) is 14.4. The van der Waals surface area contributed by atoms with E-state index in [-0.39, 0.29) is 16.7 Å². The highest BCUT2D eigenvalue weighted by Gasteiger charge is 2.34. The van der Waals surface area contributed by atoms with E-state index in [1.165, 1.54) is 0 Å². The summed E-state index contributed by atoms with van der Waals surface area (Å²) in [7, 11) is 1.92. The van der Waals surface area contributed by atoms with E-state index < -0.39 is 6.29 Å². The molecule has 0 aromatic heterocycles. The lowest BCUT2D eigenvalue weighted by Crippen LogP contribution is -2.37. The first-order valence-electron chi connectivity index (χ1n) is 7.02. The van der Waals surface area contributed by atoms with Gasteiger partial charge in [-0.25, -0.2) is 0 Å². The van der Waals surface area contributed by atoms with Crippen molar-refractivity contribution in [3.63, 3.8) is 0 Å². The van der Waals surface area contributed by atoms with Crippen LogP contribution in [0.1, 0.15) is 54.4 Å². The van der Waals surface area contributed by atoms with Gasteiger partial charge in [0.15, 0.2) is 6.29 Å². The Bertz CT molecular complexity index is 216. The Morgan fingerprint density at radius 2 is 1.67 bits per heavy atom. The number of hydrogen-bond donors (Lipinski definition) is 2. The van der Waals surface area contributed by atoms with Crippen LogP contribution in [0.15, 0.2) is 0 Å². The molecule has 2 atom stereocenters. The summed E-state index contributed by atoms with van der Waals surface area (Å²) in [5, 5.41) is 13.3. The molecule has 3 nitrogen and oxygen atoms in total. The van der Waals surface area contributed by atoms with Gasteiger partial charge < -0.3 is 15.2 Å². The van der Waals surface area contributed by atoms with Gasteiger partial charge in [-0.3, -0.25) is 0 Å². The van der Waals surface area contributed by atoms with Crippen molar-refractivity contribution in [2.45, 2.75) is 60.7 Å². The van der Waals surface area contributed by atoms with Gasteiger partial charge in [-0.05, 0) is 37.3 Å². The molecule has 110 valence electrons. The van der Waals surface area contributed by atoms with Crippen molar-refractivity contribution >= 4 is 0 Å². The summed E-state index contributed by atoms with van der Waals surface area (Å²) < 4.78 is 5.59. The summed E-state index contributed by atoms with van der Waals surface area (Å²) in [5.74, 6) is 0.159. The Morgan fingerprint density at radius 1 is 1.11 bits per heavy atom. The monoisotopic (exact) mass is 259 g/mol. The summed E-state index contributed by atoms with van der Waals surface area (Å²) in [6.45, 7) is 14.7. The van der Waals surface area contributed by atoms with Crippen LogP contribution in [-0.2, 0) is 4.74 Å². The molecule has 0 saturated carbocycles. The summed E-state index contributed by atoms with van der Waals surface area (Å²) in [5.41, 5.74) is 0.253. The molecule has 0 aliphatic rings. The highest BCUT2D eigenvalue weighted by molar-refractivity contribution is 4.80. The fraction of sp³-hybridized carbons (Fsp3) is 1.00. The molecule has 0 aliphatic carbocycles. The van der Waals surface area contributed by atoms with E-state index in [0.29, 0.717) is 6.61 Å². The maximum atomic E-state index is 10.3. The van der Waals surface area contributed by atoms with Crippen LogP contribution in [0.25, 0.3) is 0 Å². The van der Waals surface area contributed by atoms with Crippen LogP contribution in [0.4, 0.5) is 0 Å². The van der Waals surface area contributed by atoms with Crippen molar-refractivity contribution in [3.8, 4) is 0 Å². The van der Waals surface area contributed by atoms with E-state index in [9.17, 15) is 5.11 Å². The Morgan fingerprint density at radius 3 is 2.06 bits per heavy atom. The lowest BCUT2D eigenvalue weighted by molar-refractivity contribution is -0.164. The third-order valence-electron chi connectivity index (χ3n) is 3.15. The first-order valence-corrected chi connectivity index (χ1v) is 7.02. The van der Waals surface area contributed by atoms with Gasteiger partial charge >= 0.3 is 0 Å². The second-order valence-electron chi connectivity index (χ2n) is 7.46. The van der Waals surface area contributed by atoms with E-state index >= 15 is 0 Å². The molecule has 0 aliphatic heterocycles. The summed E-state index contributed by atoms with van der Waals surface area (Å²) >= 11 is 0. The molecule has 2 N–H and O–H groups in total. The van der Waals surface area contributed by atoms with E-state index in [2.05, 4.69) is 46.9 Å². The Kier molecular flexibility index (Phi) is 7.41. The highest BCUT2D eigenvalue weighted by Crippen LogP contribution is 2.38. The maximum absolute atomic E-state index is 10.3. The minimum Gasteiger partial charge on any atom is -0.368 e. The van der Waals surface area contributed by atoms with Crippen LogP contribution >= 0.6 is 0 Å². The predicted octanol–water partition coefficient (Wildman–Crippen LogP) is 3.03. The molecule has 0 aromatic rings. The summed E-state index contributed by atoms with van der Waals surface area (Å²) in [6.07, 6.45) is 1.23. The predicted molar refractivity (Wildman–Crippen MR) is 77.5 cm³/mol. The second kappa shape index (κ2) is 7.46. The van der Waals surface area contributed by atoms with Crippen LogP contribution in [0.3, 0.4) is 0 Å². The molecule has 0 amide bonds. The number of hydrogen-bond acceptors (Lipinski definition) is 3. The van der Waals surface area contributed by atoms with Crippen molar-refractivity contribution in [1.29, 1.82) is 0 Å². The largest absolute Gasteiger partial charge is 0.368 e. The molecule has 0 bridgehead atoms. The molecular formula is C15H33NO2. The lowest BCUT2D eigenvalue weighted by atomic mass is 9.72. The first kappa shape index (κ1) is 17.9. The van der Waals surface area contributed by atoms with Gasteiger partial charge in [0.25, 0.3) is 0 Å². The van der Waals surface area contributed by atoms with Crippen LogP contribution in [-0.4, -0.2) is 31.6 Å². The number of aliphatic hydroxyl groups excluding tert-OH is 1. The number of aliphatic hydroxyl groups is 1. The molecular weight excluding hydrogens is 226 g/mol. The Hall–Kier alpha value is -0.120. The molecule has 0 radical (unpaired) electrons. The fourth-order valence-electron chi connectivity index (χ4n) is 2.06. The standard InChI is InChI=1S/C15H33NO2/c1-14(2,3)11-12(15(4,5)6)13(17)18-10-8-9-16-7/h12-13,16-17H,8-11H2,1-7H3. The SMILES string of the molecule is CNCCCOC(O)C(CC(C)(C)C)C(C)(C)C. The van der Waals surface area contributed by atoms with Crippen LogP contribution in [0.5, 0.6) is 0 Å². The van der Waals surface area contributed by atoms with E-state index in [0.717, 1.165) is 19.4 Å². The lowest BCUT2D eigenvalue weighted by Gasteiger charge is -2.38. The number of rotatable bonds is 7. The molecule has 0 rings (SSSR count). The molecule has 0 aromatic carbocycles. The van der Waals surface area contributed by atoms with E-state index in [1.807, 2.05) is 7.05 Å². The second-order valence-corrected chi connectivity index (χ2v) is 7.46. The van der Waals surface area contributed by atoms with Crippen LogP contribution in [0.2, 0.25) is 0 Å². The number of ether oxygens (including phenoxy) is 1. The minimum atomic E-state index is -0.666. The Labute approximate surface area is 113 Å². The molecule has 0 spiro atoms. The molecule has 0 saturated heterocycles. The van der Waals surface area contributed by atoms with E-state index in [1.54, 1.807) is 0 Å². The minimum absolute atomic E-state index is 0.0513. The van der Waals surface area contributed by atoms with Crippen LogP contribution in [0, 0.1) is 16.7 Å². The van der Waals surface area contributed by atoms with Gasteiger partial charge in [-0.1, -0.05) is 41.5 Å². The average Bonchev–Trinajstić information content (AvgIpc) is 2.18. The third-order valence-corrected chi connectivity index (χ3v) is 3.15. The van der Waals surface area contributed by atoms with Crippen molar-refractivity contribution < 1.29 is 9.84 Å². The molecule has 0 heterocycles. The normalized spacial score (nSPS) is 16.7. The Balaban J connectivity index is 4.38. The highest BCUT2D eigenvalue weighted by atomic mass is 16.6. The van der Waals surface area contributed by atoms with E-state index in [4.69, 9.17) is 4.74 Å². The molecule has 0 fully saturated rings. The van der Waals surface area contributed by atoms with Crippen molar-refractivity contribution in [2.24, 2.45) is 16.7 Å².